The third-order valence-corrected chi connectivity index (χ3v) is 8.99. The number of hydrogen-bond acceptors (Lipinski definition) is 11. The zero-order valence-electron chi connectivity index (χ0n) is 39.9. The zero-order chi connectivity index (χ0) is 50.0. The Morgan fingerprint density at radius 2 is 0.818 bits per heavy atom. The number of benzene rings is 4. The van der Waals surface area contributed by atoms with Gasteiger partial charge in [-0.05, 0) is 188 Å². The Bertz CT molecular complexity index is 2350. The van der Waals surface area contributed by atoms with Crippen molar-refractivity contribution in [3.63, 3.8) is 0 Å². The van der Waals surface area contributed by atoms with E-state index in [4.69, 9.17) is 33.5 Å². The molecule has 4 aromatic rings. The molecular weight excluding hydrogens is 976 g/mol. The van der Waals surface area contributed by atoms with Gasteiger partial charge in [0.1, 0.15) is 23.0 Å². The molecule has 0 bridgehead atoms. The molecule has 0 radical (unpaired) electrons. The smallest absolute Gasteiger partial charge is 0.338 e. The molecule has 0 aliphatic rings. The fraction of sp³-hybridized carbons (Fsp3) is 0.385. The summed E-state index contributed by atoms with van der Waals surface area (Å²) in [6.07, 6.45) is 0. The molecule has 356 valence electrons. The quantitative estimate of drug-likeness (QED) is 0.0741. The fourth-order valence-corrected chi connectivity index (χ4v) is 5.36. The highest BCUT2D eigenvalue weighted by Crippen LogP contribution is 2.27. The molecule has 0 saturated heterocycles. The second kappa shape index (κ2) is 29.5. The number of carboxylic acids is 1. The molecule has 0 unspecified atom stereocenters. The van der Waals surface area contributed by atoms with E-state index in [-0.39, 0.29) is 34.1 Å². The Balaban J connectivity index is 0.000000445. The Kier molecular flexibility index (Phi) is 26.0. The van der Waals surface area contributed by atoms with Crippen molar-refractivity contribution >= 4 is 55.7 Å². The van der Waals surface area contributed by atoms with Crippen molar-refractivity contribution in [2.24, 2.45) is 10.8 Å². The lowest BCUT2D eigenvalue weighted by atomic mass is 9.97. The minimum Gasteiger partial charge on any atom is -0.507 e. The molecule has 4 aromatic carbocycles. The van der Waals surface area contributed by atoms with Crippen molar-refractivity contribution in [1.82, 2.24) is 0 Å². The van der Waals surface area contributed by atoms with E-state index < -0.39 is 11.9 Å². The maximum Gasteiger partial charge on any atom is 0.338 e. The number of halogens is 2. The third-order valence-electron chi connectivity index (χ3n) is 7.66. The topological polar surface area (TPSA) is 164 Å². The van der Waals surface area contributed by atoms with E-state index in [1.54, 1.807) is 75.4 Å². The van der Waals surface area contributed by atoms with Crippen LogP contribution in [0.15, 0.2) is 81.7 Å². The number of hydrogen-bond donors (Lipinski definition) is 2. The van der Waals surface area contributed by atoms with Crippen LogP contribution >= 0.6 is 31.9 Å². The maximum atomic E-state index is 11.7. The first kappa shape index (κ1) is 58.1. The average Bonchev–Trinajstić information content (AvgIpc) is 3.25. The number of carbonyl (C=O) groups is 4. The summed E-state index contributed by atoms with van der Waals surface area (Å²) in [6, 6.07) is 19.6. The molecule has 4 rings (SSSR count). The van der Waals surface area contributed by atoms with Crippen molar-refractivity contribution in [1.29, 1.82) is 0 Å². The van der Waals surface area contributed by atoms with Gasteiger partial charge in [-0.15, -0.1) is 0 Å². The van der Waals surface area contributed by atoms with E-state index >= 15 is 0 Å². The summed E-state index contributed by atoms with van der Waals surface area (Å²) in [6.45, 7) is 25.8. The second-order valence-electron chi connectivity index (χ2n) is 15.5. The number of ether oxygens (including phenoxy) is 6. The summed E-state index contributed by atoms with van der Waals surface area (Å²) < 4.78 is 32.4. The zero-order valence-corrected chi connectivity index (χ0v) is 43.1. The lowest BCUT2D eigenvalue weighted by Gasteiger charge is -2.10. The summed E-state index contributed by atoms with van der Waals surface area (Å²) in [5.74, 6) is 12.2. The van der Waals surface area contributed by atoms with Gasteiger partial charge < -0.3 is 38.6 Å². The second-order valence-corrected chi connectivity index (χ2v) is 17.2. The summed E-state index contributed by atoms with van der Waals surface area (Å²) >= 11 is 6.46. The number of phenols is 1. The summed E-state index contributed by atoms with van der Waals surface area (Å²) in [4.78, 5) is 45.2. The minimum absolute atomic E-state index is 0.0329. The number of carbonyl (C=O) groups excluding carboxylic acids is 3. The molecule has 0 saturated carbocycles. The minimum atomic E-state index is -0.966. The van der Waals surface area contributed by atoms with Crippen LogP contribution in [0.4, 0.5) is 0 Å². The predicted octanol–water partition coefficient (Wildman–Crippen LogP) is 12.2. The first-order valence-electron chi connectivity index (χ1n) is 21.3. The van der Waals surface area contributed by atoms with Crippen molar-refractivity contribution in [2.45, 2.75) is 83.1 Å². The Hall–Kier alpha value is -5.96. The molecule has 0 aliphatic heterocycles. The van der Waals surface area contributed by atoms with E-state index in [0.717, 1.165) is 15.6 Å². The fourth-order valence-electron chi connectivity index (χ4n) is 4.75. The van der Waals surface area contributed by atoms with Gasteiger partial charge in [0.05, 0.1) is 82.0 Å². The summed E-state index contributed by atoms with van der Waals surface area (Å²) in [5, 5.41) is 18.2. The van der Waals surface area contributed by atoms with Crippen LogP contribution in [-0.2, 0) is 14.2 Å². The molecule has 0 heterocycles. The van der Waals surface area contributed by atoms with Gasteiger partial charge in [-0.3, -0.25) is 0 Å². The van der Waals surface area contributed by atoms with Gasteiger partial charge in [-0.1, -0.05) is 23.7 Å². The van der Waals surface area contributed by atoms with Gasteiger partial charge in [0.15, 0.2) is 0 Å². The van der Waals surface area contributed by atoms with Crippen LogP contribution in [0.3, 0.4) is 0 Å². The normalized spacial score (nSPS) is 10.2. The third kappa shape index (κ3) is 22.3. The molecule has 2 N–H and O–H groups in total. The Morgan fingerprint density at radius 3 is 1.18 bits per heavy atom. The highest BCUT2D eigenvalue weighted by atomic mass is 79.9. The number of aromatic carboxylic acids is 1. The van der Waals surface area contributed by atoms with Gasteiger partial charge in [0.25, 0.3) is 0 Å². The molecule has 0 aliphatic carbocycles. The molecule has 0 spiro atoms. The van der Waals surface area contributed by atoms with E-state index in [0.29, 0.717) is 78.1 Å². The predicted molar refractivity (Wildman–Crippen MR) is 264 cm³/mol. The van der Waals surface area contributed by atoms with Crippen LogP contribution in [0.5, 0.6) is 23.0 Å². The van der Waals surface area contributed by atoms with E-state index in [1.807, 2.05) is 62.3 Å². The highest BCUT2D eigenvalue weighted by molar-refractivity contribution is 9.10. The lowest BCUT2D eigenvalue weighted by molar-refractivity contribution is 0.0516. The van der Waals surface area contributed by atoms with Crippen molar-refractivity contribution in [2.75, 3.05) is 39.6 Å². The van der Waals surface area contributed by atoms with E-state index in [9.17, 15) is 24.3 Å². The first-order valence-corrected chi connectivity index (χ1v) is 22.9. The summed E-state index contributed by atoms with van der Waals surface area (Å²) in [5.41, 5.74) is 2.87. The molecule has 66 heavy (non-hydrogen) atoms. The van der Waals surface area contributed by atoms with Gasteiger partial charge in [0, 0.05) is 10.8 Å². The lowest BCUT2D eigenvalue weighted by Crippen LogP contribution is -2.06. The molecule has 0 aromatic heterocycles. The maximum absolute atomic E-state index is 11.7. The standard InChI is InChI=1S/C17H22O3.C15H18O3.C11H13BrO3.C9H9BrO3/c1-6-19-15-12-14(16(18)20-7-2)9-8-13(15)10-11-17(3,4)5;1-5-18-13-10-12(14(16)17)7-6-11(13)8-9-15(2,3)4;1-3-14-10-7-8(5-6-9(10)12)11(13)15-4-2;1-2-13-9(12)6-3-4-7(10)8(11)5-6/h8-9,12H,6-7H2,1-5H3;6-7,10H,5H2,1-4H3,(H,16,17);5-7H,3-4H2,1-2H3;3-5,11H,2H2,1H3. The van der Waals surface area contributed by atoms with Crippen molar-refractivity contribution < 1.29 is 57.8 Å². The number of carboxylic acid groups (broad SMARTS) is 1. The van der Waals surface area contributed by atoms with Gasteiger partial charge in [0.2, 0.25) is 0 Å². The Labute approximate surface area is 406 Å². The van der Waals surface area contributed by atoms with Crippen LogP contribution in [0.2, 0.25) is 0 Å². The van der Waals surface area contributed by atoms with Crippen LogP contribution in [0.1, 0.15) is 136 Å². The van der Waals surface area contributed by atoms with Crippen LogP contribution in [0, 0.1) is 34.5 Å². The van der Waals surface area contributed by atoms with Crippen molar-refractivity contribution in [3.05, 3.63) is 115 Å². The first-order chi connectivity index (χ1) is 31.0. The van der Waals surface area contributed by atoms with Crippen molar-refractivity contribution in [3.8, 4) is 46.7 Å². The van der Waals surface area contributed by atoms with Gasteiger partial charge in [-0.25, -0.2) is 19.2 Å². The number of aromatic hydroxyl groups is 1. The Morgan fingerprint density at radius 1 is 0.485 bits per heavy atom. The summed E-state index contributed by atoms with van der Waals surface area (Å²) in [7, 11) is 0. The number of esters is 3. The SMILES string of the molecule is CCOC(=O)c1ccc(Br)c(O)c1.CCOC(=O)c1ccc(Br)c(OCC)c1.CCOC(=O)c1ccc(C#CC(C)(C)C)c(OCC)c1.CCOc1cc(C(=O)O)ccc1C#CC(C)(C)C. The highest BCUT2D eigenvalue weighted by Gasteiger charge is 2.14. The monoisotopic (exact) mass is 1040 g/mol. The molecule has 12 nitrogen and oxygen atoms in total. The number of phenolic OH excluding ortho intramolecular Hbond substituents is 1. The van der Waals surface area contributed by atoms with Gasteiger partial charge in [-0.2, -0.15) is 0 Å². The van der Waals surface area contributed by atoms with Crippen LogP contribution in [-0.4, -0.2) is 73.7 Å². The molecule has 14 heteroatoms. The van der Waals surface area contributed by atoms with E-state index in [2.05, 4.69) is 55.5 Å². The largest absolute Gasteiger partial charge is 0.507 e. The van der Waals surface area contributed by atoms with Gasteiger partial charge >= 0.3 is 23.9 Å². The van der Waals surface area contributed by atoms with Crippen LogP contribution < -0.4 is 14.2 Å². The molecule has 0 fully saturated rings. The molecule has 0 amide bonds. The molecule has 0 atom stereocenters. The molecular formula is C52H62Br2O12. The van der Waals surface area contributed by atoms with E-state index in [1.165, 1.54) is 18.2 Å². The van der Waals surface area contributed by atoms with Crippen LogP contribution in [0.25, 0.3) is 0 Å². The number of rotatable bonds is 13. The average molecular weight is 1040 g/mol.